The Bertz CT molecular complexity index is 382. The number of carbonyl (C=O) groups excluding carboxylic acids is 2. The Labute approximate surface area is 114 Å². The number of Topliss-reactive ketones (excluding diaryl/α,β-unsaturated/α-hetero) is 1. The number of carbonyl (C=O) groups is 2. The first-order valence-electron chi connectivity index (χ1n) is 7.63. The van der Waals surface area contributed by atoms with Gasteiger partial charge in [0.15, 0.2) is 0 Å². The van der Waals surface area contributed by atoms with Crippen LogP contribution in [0.5, 0.6) is 0 Å². The van der Waals surface area contributed by atoms with Crippen molar-refractivity contribution < 1.29 is 14.3 Å². The second-order valence-electron chi connectivity index (χ2n) is 6.26. The molecule has 3 fully saturated rings. The summed E-state index contributed by atoms with van der Waals surface area (Å²) in [6, 6.07) is 0.152. The summed E-state index contributed by atoms with van der Waals surface area (Å²) in [6.07, 6.45) is 5.39. The fraction of sp³-hybridized carbons (Fsp3) is 0.867. The zero-order valence-corrected chi connectivity index (χ0v) is 11.6. The molecule has 1 aliphatic carbocycles. The molecule has 0 aromatic carbocycles. The van der Waals surface area contributed by atoms with Crippen LogP contribution in [0.3, 0.4) is 0 Å². The minimum absolute atomic E-state index is 0.100. The standard InChI is InChI=1S/C15H23NO3/c1-10-7-9-19-14(10)15(18)16-8-3-5-12(16)11-4-2-6-13(11)17/h10-12,14H,2-9H2,1H3. The molecule has 0 aromatic rings. The van der Waals surface area contributed by atoms with Crippen LogP contribution < -0.4 is 0 Å². The molecule has 2 aliphatic heterocycles. The molecule has 2 saturated heterocycles. The van der Waals surface area contributed by atoms with E-state index >= 15 is 0 Å². The van der Waals surface area contributed by atoms with Gasteiger partial charge in [-0.1, -0.05) is 6.92 Å². The van der Waals surface area contributed by atoms with Crippen molar-refractivity contribution in [3.8, 4) is 0 Å². The Balaban J connectivity index is 1.72. The lowest BCUT2D eigenvalue weighted by Crippen LogP contribution is -2.47. The van der Waals surface area contributed by atoms with Gasteiger partial charge in [0.2, 0.25) is 0 Å². The Kier molecular flexibility index (Phi) is 3.61. The number of nitrogens with zero attached hydrogens (tertiary/aromatic N) is 1. The van der Waals surface area contributed by atoms with Gasteiger partial charge in [0.05, 0.1) is 0 Å². The van der Waals surface area contributed by atoms with E-state index in [9.17, 15) is 9.59 Å². The highest BCUT2D eigenvalue weighted by Gasteiger charge is 2.43. The Morgan fingerprint density at radius 3 is 2.74 bits per heavy atom. The predicted molar refractivity (Wildman–Crippen MR) is 70.6 cm³/mol. The lowest BCUT2D eigenvalue weighted by molar-refractivity contribution is -0.144. The number of rotatable bonds is 2. The topological polar surface area (TPSA) is 46.6 Å². The second-order valence-corrected chi connectivity index (χ2v) is 6.26. The van der Waals surface area contributed by atoms with Gasteiger partial charge in [-0.05, 0) is 38.0 Å². The molecule has 1 amide bonds. The van der Waals surface area contributed by atoms with E-state index in [-0.39, 0.29) is 24.0 Å². The fourth-order valence-electron chi connectivity index (χ4n) is 3.91. The van der Waals surface area contributed by atoms with Gasteiger partial charge in [-0.25, -0.2) is 0 Å². The second kappa shape index (κ2) is 5.23. The Morgan fingerprint density at radius 1 is 1.26 bits per heavy atom. The molecular formula is C15H23NO3. The minimum atomic E-state index is -0.267. The van der Waals surface area contributed by atoms with Gasteiger partial charge in [-0.2, -0.15) is 0 Å². The predicted octanol–water partition coefficient (Wildman–Crippen LogP) is 1.77. The maximum absolute atomic E-state index is 12.6. The smallest absolute Gasteiger partial charge is 0.252 e. The van der Waals surface area contributed by atoms with Crippen molar-refractivity contribution >= 4 is 11.7 Å². The van der Waals surface area contributed by atoms with Crippen LogP contribution >= 0.6 is 0 Å². The fourth-order valence-corrected chi connectivity index (χ4v) is 3.91. The van der Waals surface area contributed by atoms with E-state index in [0.29, 0.717) is 24.7 Å². The number of hydrogen-bond donors (Lipinski definition) is 0. The first-order chi connectivity index (χ1) is 9.18. The number of ketones is 1. The maximum atomic E-state index is 12.6. The first kappa shape index (κ1) is 13.1. The van der Waals surface area contributed by atoms with Crippen molar-refractivity contribution in [2.75, 3.05) is 13.2 Å². The zero-order chi connectivity index (χ0) is 13.4. The average Bonchev–Trinajstić information content (AvgIpc) is 3.07. The lowest BCUT2D eigenvalue weighted by Gasteiger charge is -2.31. The monoisotopic (exact) mass is 265 g/mol. The molecule has 106 valence electrons. The molecule has 3 aliphatic rings. The Morgan fingerprint density at radius 2 is 2.11 bits per heavy atom. The summed E-state index contributed by atoms with van der Waals surface area (Å²) in [7, 11) is 0. The molecule has 4 nitrogen and oxygen atoms in total. The summed E-state index contributed by atoms with van der Waals surface area (Å²) in [5.74, 6) is 0.911. The quantitative estimate of drug-likeness (QED) is 0.764. The highest BCUT2D eigenvalue weighted by atomic mass is 16.5. The molecule has 4 heteroatoms. The van der Waals surface area contributed by atoms with E-state index in [1.54, 1.807) is 0 Å². The van der Waals surface area contributed by atoms with E-state index < -0.39 is 0 Å². The molecule has 0 bridgehead atoms. The van der Waals surface area contributed by atoms with Crippen LogP contribution in [-0.4, -0.2) is 41.9 Å². The minimum Gasteiger partial charge on any atom is -0.368 e. The zero-order valence-electron chi connectivity index (χ0n) is 11.6. The first-order valence-corrected chi connectivity index (χ1v) is 7.63. The molecule has 4 unspecified atom stereocenters. The largest absolute Gasteiger partial charge is 0.368 e. The Hall–Kier alpha value is -0.900. The van der Waals surface area contributed by atoms with Crippen molar-refractivity contribution in [3.05, 3.63) is 0 Å². The summed E-state index contributed by atoms with van der Waals surface area (Å²) in [5.41, 5.74) is 0. The summed E-state index contributed by atoms with van der Waals surface area (Å²) in [4.78, 5) is 26.5. The van der Waals surface area contributed by atoms with Gasteiger partial charge in [0.25, 0.3) is 5.91 Å². The van der Waals surface area contributed by atoms with Gasteiger partial charge in [-0.3, -0.25) is 9.59 Å². The van der Waals surface area contributed by atoms with Crippen LogP contribution in [0.2, 0.25) is 0 Å². The third kappa shape index (κ3) is 2.31. The molecular weight excluding hydrogens is 242 g/mol. The van der Waals surface area contributed by atoms with Crippen molar-refractivity contribution in [1.29, 1.82) is 0 Å². The van der Waals surface area contributed by atoms with Crippen LogP contribution in [0.15, 0.2) is 0 Å². The van der Waals surface area contributed by atoms with Crippen molar-refractivity contribution in [1.82, 2.24) is 4.90 Å². The number of hydrogen-bond acceptors (Lipinski definition) is 3. The van der Waals surface area contributed by atoms with Crippen molar-refractivity contribution in [2.45, 2.75) is 57.6 Å². The summed E-state index contributed by atoms with van der Waals surface area (Å²) in [6.45, 7) is 3.58. The molecule has 0 spiro atoms. The van der Waals surface area contributed by atoms with Gasteiger partial charge < -0.3 is 9.64 Å². The van der Waals surface area contributed by atoms with E-state index in [4.69, 9.17) is 4.74 Å². The van der Waals surface area contributed by atoms with Gasteiger partial charge in [0, 0.05) is 31.5 Å². The molecule has 0 aromatic heterocycles. The van der Waals surface area contributed by atoms with Crippen molar-refractivity contribution in [3.63, 3.8) is 0 Å². The molecule has 2 heterocycles. The van der Waals surface area contributed by atoms with E-state index in [2.05, 4.69) is 6.92 Å². The summed E-state index contributed by atoms with van der Waals surface area (Å²) < 4.78 is 5.60. The normalized spacial score (nSPS) is 39.2. The van der Waals surface area contributed by atoms with Crippen LogP contribution in [0.4, 0.5) is 0 Å². The van der Waals surface area contributed by atoms with Gasteiger partial charge in [0.1, 0.15) is 11.9 Å². The molecule has 3 rings (SSSR count). The van der Waals surface area contributed by atoms with Gasteiger partial charge >= 0.3 is 0 Å². The van der Waals surface area contributed by atoms with E-state index in [1.165, 1.54) is 0 Å². The van der Waals surface area contributed by atoms with E-state index in [0.717, 1.165) is 38.6 Å². The molecule has 1 saturated carbocycles. The van der Waals surface area contributed by atoms with Crippen LogP contribution in [0.1, 0.15) is 45.4 Å². The van der Waals surface area contributed by atoms with E-state index in [1.807, 2.05) is 4.90 Å². The summed E-state index contributed by atoms with van der Waals surface area (Å²) >= 11 is 0. The molecule has 19 heavy (non-hydrogen) atoms. The molecule has 0 radical (unpaired) electrons. The van der Waals surface area contributed by atoms with Crippen molar-refractivity contribution in [2.24, 2.45) is 11.8 Å². The van der Waals surface area contributed by atoms with Gasteiger partial charge in [-0.15, -0.1) is 0 Å². The molecule has 0 N–H and O–H groups in total. The third-order valence-corrected chi connectivity index (χ3v) is 5.03. The number of amides is 1. The lowest BCUT2D eigenvalue weighted by atomic mass is 9.94. The number of ether oxygens (including phenoxy) is 1. The SMILES string of the molecule is CC1CCOC1C(=O)N1CCCC1C1CCCC1=O. The number of likely N-dealkylation sites (tertiary alicyclic amines) is 1. The maximum Gasteiger partial charge on any atom is 0.252 e. The third-order valence-electron chi connectivity index (χ3n) is 5.03. The molecule has 4 atom stereocenters. The van der Waals surface area contributed by atoms with Crippen LogP contribution in [-0.2, 0) is 14.3 Å². The van der Waals surface area contributed by atoms with Crippen LogP contribution in [0.25, 0.3) is 0 Å². The highest BCUT2D eigenvalue weighted by Crippen LogP contribution is 2.35. The van der Waals surface area contributed by atoms with Crippen LogP contribution in [0, 0.1) is 11.8 Å². The highest BCUT2D eigenvalue weighted by molar-refractivity contribution is 5.86. The average molecular weight is 265 g/mol. The summed E-state index contributed by atoms with van der Waals surface area (Å²) in [5, 5.41) is 0.